The van der Waals surface area contributed by atoms with Gasteiger partial charge < -0.3 is 14.9 Å². The summed E-state index contributed by atoms with van der Waals surface area (Å²) in [4.78, 5) is 36.0. The van der Waals surface area contributed by atoms with Gasteiger partial charge in [-0.2, -0.15) is 0 Å². The van der Waals surface area contributed by atoms with Crippen molar-refractivity contribution in [1.82, 2.24) is 0 Å². The zero-order valence-corrected chi connectivity index (χ0v) is 13.8. The second-order valence-electron chi connectivity index (χ2n) is 4.76. The van der Waals surface area contributed by atoms with Crippen LogP contribution in [-0.2, 0) is 4.74 Å². The van der Waals surface area contributed by atoms with Crippen LogP contribution >= 0.6 is 11.6 Å². The van der Waals surface area contributed by atoms with Crippen molar-refractivity contribution >= 4 is 35.3 Å². The van der Waals surface area contributed by atoms with Gasteiger partial charge in [-0.25, -0.2) is 4.79 Å². The number of nitrogens with two attached hydrogens (primary N) is 1. The fourth-order valence-corrected chi connectivity index (χ4v) is 2.35. The largest absolute Gasteiger partial charge is 0.462 e. The summed E-state index contributed by atoms with van der Waals surface area (Å²) < 4.78 is 10.2. The maximum Gasteiger partial charge on any atom is 0.342 e. The lowest BCUT2D eigenvalue weighted by atomic mass is 10.1. The lowest BCUT2D eigenvalue weighted by molar-refractivity contribution is 0.0521. The van der Waals surface area contributed by atoms with E-state index in [0.29, 0.717) is 0 Å². The first kappa shape index (κ1) is 17.6. The summed E-state index contributed by atoms with van der Waals surface area (Å²) in [6.45, 7) is 3.20. The fraction of sp³-hybridized carbons (Fsp3) is 0.188. The smallest absolute Gasteiger partial charge is 0.342 e. The van der Waals surface area contributed by atoms with Gasteiger partial charge in [0, 0.05) is 0 Å². The SMILES string of the molecule is CCOC(=O)c1c(C)oc(NC(=O)c2ccccc2Cl)c1C(N)=O. The molecule has 8 heteroatoms. The highest BCUT2D eigenvalue weighted by Crippen LogP contribution is 2.28. The number of ether oxygens (including phenoxy) is 1. The van der Waals surface area contributed by atoms with E-state index in [1.165, 1.54) is 13.0 Å². The third kappa shape index (κ3) is 3.41. The Morgan fingerprint density at radius 1 is 1.25 bits per heavy atom. The van der Waals surface area contributed by atoms with Gasteiger partial charge in [0.25, 0.3) is 11.8 Å². The van der Waals surface area contributed by atoms with Crippen molar-refractivity contribution in [2.75, 3.05) is 11.9 Å². The predicted octanol–water partition coefficient (Wildman–Crippen LogP) is 2.77. The van der Waals surface area contributed by atoms with Crippen LogP contribution in [0, 0.1) is 6.92 Å². The highest BCUT2D eigenvalue weighted by molar-refractivity contribution is 6.34. The van der Waals surface area contributed by atoms with Crippen molar-refractivity contribution in [3.8, 4) is 0 Å². The maximum atomic E-state index is 12.3. The fourth-order valence-electron chi connectivity index (χ4n) is 2.13. The van der Waals surface area contributed by atoms with Gasteiger partial charge in [0.2, 0.25) is 5.88 Å². The van der Waals surface area contributed by atoms with Crippen molar-refractivity contribution in [1.29, 1.82) is 0 Å². The molecule has 2 rings (SSSR count). The number of esters is 1. The van der Waals surface area contributed by atoms with Gasteiger partial charge in [0.1, 0.15) is 16.9 Å². The number of aryl methyl sites for hydroxylation is 1. The molecular formula is C16H15ClN2O5. The number of hydrogen-bond donors (Lipinski definition) is 2. The molecular weight excluding hydrogens is 336 g/mol. The van der Waals surface area contributed by atoms with Crippen LogP contribution in [0.3, 0.4) is 0 Å². The van der Waals surface area contributed by atoms with Gasteiger partial charge in [-0.3, -0.25) is 14.9 Å². The second-order valence-corrected chi connectivity index (χ2v) is 5.16. The summed E-state index contributed by atoms with van der Waals surface area (Å²) in [7, 11) is 0. The van der Waals surface area contributed by atoms with Crippen molar-refractivity contribution in [2.45, 2.75) is 13.8 Å². The minimum atomic E-state index is -0.927. The van der Waals surface area contributed by atoms with E-state index >= 15 is 0 Å². The minimum absolute atomic E-state index is 0.108. The summed E-state index contributed by atoms with van der Waals surface area (Å²) in [5.74, 6) is -2.41. The number of amides is 2. The number of primary amides is 1. The minimum Gasteiger partial charge on any atom is -0.462 e. The van der Waals surface area contributed by atoms with Gasteiger partial charge in [-0.15, -0.1) is 0 Å². The molecule has 0 radical (unpaired) electrons. The Kier molecular flexibility index (Phi) is 5.25. The van der Waals surface area contributed by atoms with E-state index in [4.69, 9.17) is 26.5 Å². The molecule has 0 unspecified atom stereocenters. The normalized spacial score (nSPS) is 10.3. The lowest BCUT2D eigenvalue weighted by Crippen LogP contribution is -2.20. The Balaban J connectivity index is 2.43. The summed E-state index contributed by atoms with van der Waals surface area (Å²) in [5.41, 5.74) is 5.15. The first-order chi connectivity index (χ1) is 11.4. The van der Waals surface area contributed by atoms with Gasteiger partial charge in [-0.1, -0.05) is 23.7 Å². The van der Waals surface area contributed by atoms with Crippen LogP contribution in [0.25, 0.3) is 0 Å². The third-order valence-corrected chi connectivity index (χ3v) is 3.49. The van der Waals surface area contributed by atoms with Crippen molar-refractivity contribution < 1.29 is 23.5 Å². The van der Waals surface area contributed by atoms with E-state index in [1.807, 2.05) is 0 Å². The Morgan fingerprint density at radius 2 is 1.92 bits per heavy atom. The van der Waals surface area contributed by atoms with E-state index in [0.717, 1.165) is 0 Å². The average molecular weight is 351 g/mol. The van der Waals surface area contributed by atoms with E-state index in [9.17, 15) is 14.4 Å². The summed E-state index contributed by atoms with van der Waals surface area (Å²) in [5, 5.41) is 2.63. The van der Waals surface area contributed by atoms with Crippen LogP contribution in [-0.4, -0.2) is 24.4 Å². The molecule has 1 aromatic heterocycles. The van der Waals surface area contributed by atoms with Crippen LogP contribution in [0.2, 0.25) is 5.02 Å². The number of anilines is 1. The summed E-state index contributed by atoms with van der Waals surface area (Å²) >= 11 is 5.96. The van der Waals surface area contributed by atoms with E-state index in [-0.39, 0.29) is 40.0 Å². The Labute approximate surface area is 142 Å². The number of carbonyl (C=O) groups excluding carboxylic acids is 3. The molecule has 0 atom stereocenters. The number of hydrogen-bond acceptors (Lipinski definition) is 5. The van der Waals surface area contributed by atoms with Crippen molar-refractivity contribution in [3.05, 3.63) is 51.7 Å². The number of halogens is 1. The number of benzene rings is 1. The highest BCUT2D eigenvalue weighted by Gasteiger charge is 2.29. The molecule has 2 aromatic rings. The van der Waals surface area contributed by atoms with Crippen LogP contribution in [0.1, 0.15) is 43.8 Å². The van der Waals surface area contributed by atoms with Gasteiger partial charge in [0.05, 0.1) is 17.2 Å². The molecule has 0 spiro atoms. The molecule has 126 valence electrons. The molecule has 1 heterocycles. The number of rotatable bonds is 5. The zero-order chi connectivity index (χ0) is 17.9. The molecule has 0 bridgehead atoms. The highest BCUT2D eigenvalue weighted by atomic mass is 35.5. The van der Waals surface area contributed by atoms with E-state index in [1.54, 1.807) is 25.1 Å². The number of furan rings is 1. The third-order valence-electron chi connectivity index (χ3n) is 3.16. The zero-order valence-electron chi connectivity index (χ0n) is 13.0. The second kappa shape index (κ2) is 7.18. The molecule has 0 saturated carbocycles. The van der Waals surface area contributed by atoms with Crippen molar-refractivity contribution in [3.63, 3.8) is 0 Å². The van der Waals surface area contributed by atoms with Gasteiger partial charge in [0.15, 0.2) is 0 Å². The van der Waals surface area contributed by atoms with Gasteiger partial charge in [-0.05, 0) is 26.0 Å². The molecule has 0 saturated heterocycles. The average Bonchev–Trinajstić information content (AvgIpc) is 2.84. The lowest BCUT2D eigenvalue weighted by Gasteiger charge is -2.06. The Hall–Kier alpha value is -2.80. The first-order valence-corrected chi connectivity index (χ1v) is 7.40. The molecule has 1 aromatic carbocycles. The molecule has 0 aliphatic heterocycles. The molecule has 2 amide bonds. The topological polar surface area (TPSA) is 112 Å². The molecule has 0 aliphatic carbocycles. The summed E-state index contributed by atoms with van der Waals surface area (Å²) in [6.07, 6.45) is 0. The molecule has 0 fully saturated rings. The maximum absolute atomic E-state index is 12.3. The van der Waals surface area contributed by atoms with Crippen LogP contribution in [0.4, 0.5) is 5.88 Å². The van der Waals surface area contributed by atoms with Gasteiger partial charge >= 0.3 is 5.97 Å². The molecule has 7 nitrogen and oxygen atoms in total. The number of carbonyl (C=O) groups is 3. The van der Waals surface area contributed by atoms with E-state index < -0.39 is 17.8 Å². The standard InChI is InChI=1S/C16H15ClN2O5/c1-3-23-16(22)11-8(2)24-15(12(11)13(18)20)19-14(21)9-6-4-5-7-10(9)17/h4-7H,3H2,1-2H3,(H2,18,20)(H,19,21). The quantitative estimate of drug-likeness (QED) is 0.805. The monoisotopic (exact) mass is 350 g/mol. The first-order valence-electron chi connectivity index (χ1n) is 7.03. The Bertz CT molecular complexity index is 813. The van der Waals surface area contributed by atoms with Crippen LogP contribution in [0.15, 0.2) is 28.7 Å². The predicted molar refractivity (Wildman–Crippen MR) is 87.3 cm³/mol. The number of nitrogens with one attached hydrogen (secondary N) is 1. The molecule has 0 aliphatic rings. The summed E-state index contributed by atoms with van der Waals surface area (Å²) in [6, 6.07) is 6.35. The van der Waals surface area contributed by atoms with Crippen LogP contribution < -0.4 is 11.1 Å². The van der Waals surface area contributed by atoms with Crippen LogP contribution in [0.5, 0.6) is 0 Å². The Morgan fingerprint density at radius 3 is 2.50 bits per heavy atom. The molecule has 24 heavy (non-hydrogen) atoms. The molecule has 3 N–H and O–H groups in total. The van der Waals surface area contributed by atoms with Crippen molar-refractivity contribution in [2.24, 2.45) is 5.73 Å². The van der Waals surface area contributed by atoms with E-state index in [2.05, 4.69) is 5.32 Å².